The predicted octanol–water partition coefficient (Wildman–Crippen LogP) is 3.87. The van der Waals surface area contributed by atoms with Gasteiger partial charge in [-0.05, 0) is 23.3 Å². The van der Waals surface area contributed by atoms with Crippen molar-refractivity contribution < 1.29 is 13.2 Å². The second-order valence-corrected chi connectivity index (χ2v) is 5.42. The van der Waals surface area contributed by atoms with Crippen molar-refractivity contribution in [3.63, 3.8) is 0 Å². The molecule has 130 valence electrons. The summed E-state index contributed by atoms with van der Waals surface area (Å²) in [5.41, 5.74) is 12.6. The molecule has 1 aromatic heterocycles. The molecule has 0 aliphatic heterocycles. The minimum absolute atomic E-state index is 0.0542. The SMILES string of the molecule is N#Cc1c(N)nc(N)nc1-c1ccccc1-c1ccc(C(F)(F)F)cc1. The lowest BCUT2D eigenvalue weighted by Gasteiger charge is -2.13. The standard InChI is InChI=1S/C18H12F3N5/c19-18(20,21)11-7-5-10(6-8-11)12-3-1-2-4-13(12)15-14(9-22)16(23)26-17(24)25-15/h1-8H,(H4,23,24,25,26). The van der Waals surface area contributed by atoms with E-state index in [2.05, 4.69) is 9.97 Å². The number of alkyl halides is 3. The Morgan fingerprint density at radius 1 is 0.885 bits per heavy atom. The second kappa shape index (κ2) is 6.37. The summed E-state index contributed by atoms with van der Waals surface area (Å²) in [6.07, 6.45) is -4.42. The molecule has 0 radical (unpaired) electrons. The summed E-state index contributed by atoms with van der Waals surface area (Å²) in [4.78, 5) is 7.87. The van der Waals surface area contributed by atoms with Gasteiger partial charge >= 0.3 is 6.18 Å². The molecule has 0 spiro atoms. The topological polar surface area (TPSA) is 102 Å². The minimum atomic E-state index is -4.42. The maximum Gasteiger partial charge on any atom is 0.416 e. The summed E-state index contributed by atoms with van der Waals surface area (Å²) >= 11 is 0. The van der Waals surface area contributed by atoms with E-state index in [-0.39, 0.29) is 23.0 Å². The number of nitrogen functional groups attached to an aromatic ring is 2. The Labute approximate surface area is 146 Å². The van der Waals surface area contributed by atoms with Crippen molar-refractivity contribution in [2.45, 2.75) is 6.18 Å². The molecule has 2 aromatic carbocycles. The summed E-state index contributed by atoms with van der Waals surface area (Å²) in [6.45, 7) is 0. The first-order valence-corrected chi connectivity index (χ1v) is 7.41. The van der Waals surface area contributed by atoms with Crippen LogP contribution >= 0.6 is 0 Å². The van der Waals surface area contributed by atoms with Gasteiger partial charge in [-0.2, -0.15) is 23.4 Å². The van der Waals surface area contributed by atoms with Crippen molar-refractivity contribution in [1.29, 1.82) is 5.26 Å². The molecule has 0 saturated heterocycles. The lowest BCUT2D eigenvalue weighted by Crippen LogP contribution is -2.05. The number of rotatable bonds is 2. The van der Waals surface area contributed by atoms with E-state index in [0.29, 0.717) is 16.7 Å². The fourth-order valence-electron chi connectivity index (χ4n) is 2.58. The molecule has 0 atom stereocenters. The van der Waals surface area contributed by atoms with Gasteiger partial charge in [0, 0.05) is 5.56 Å². The van der Waals surface area contributed by atoms with Gasteiger partial charge in [0.2, 0.25) is 5.95 Å². The van der Waals surface area contributed by atoms with Crippen molar-refractivity contribution in [3.05, 3.63) is 59.7 Å². The third-order valence-electron chi connectivity index (χ3n) is 3.77. The van der Waals surface area contributed by atoms with E-state index in [1.54, 1.807) is 24.3 Å². The molecule has 0 amide bonds. The predicted molar refractivity (Wildman–Crippen MR) is 91.4 cm³/mol. The maximum atomic E-state index is 12.8. The normalized spacial score (nSPS) is 11.2. The zero-order valence-corrected chi connectivity index (χ0v) is 13.2. The van der Waals surface area contributed by atoms with Crippen molar-refractivity contribution in [3.8, 4) is 28.5 Å². The second-order valence-electron chi connectivity index (χ2n) is 5.42. The average molecular weight is 355 g/mol. The van der Waals surface area contributed by atoms with E-state index < -0.39 is 11.7 Å². The Bertz CT molecular complexity index is 1000. The van der Waals surface area contributed by atoms with Gasteiger partial charge < -0.3 is 11.5 Å². The molecule has 0 unspecified atom stereocenters. The molecule has 26 heavy (non-hydrogen) atoms. The lowest BCUT2D eigenvalue weighted by atomic mass is 9.95. The highest BCUT2D eigenvalue weighted by Gasteiger charge is 2.30. The van der Waals surface area contributed by atoms with Crippen LogP contribution in [0.4, 0.5) is 24.9 Å². The first-order chi connectivity index (χ1) is 12.3. The molecule has 0 aliphatic carbocycles. The number of benzene rings is 2. The van der Waals surface area contributed by atoms with Crippen LogP contribution in [0, 0.1) is 11.3 Å². The van der Waals surface area contributed by atoms with Crippen LogP contribution in [0.3, 0.4) is 0 Å². The summed E-state index contributed by atoms with van der Waals surface area (Å²) in [7, 11) is 0. The molecule has 3 aromatic rings. The zero-order chi connectivity index (χ0) is 18.9. The molecular formula is C18H12F3N5. The highest BCUT2D eigenvalue weighted by Crippen LogP contribution is 2.36. The number of nitrogens with zero attached hydrogens (tertiary/aromatic N) is 3. The molecule has 0 aliphatic rings. The molecule has 4 N–H and O–H groups in total. The van der Waals surface area contributed by atoms with Crippen LogP contribution in [0.1, 0.15) is 11.1 Å². The van der Waals surface area contributed by atoms with Crippen LogP contribution in [0.5, 0.6) is 0 Å². The first kappa shape index (κ1) is 17.2. The van der Waals surface area contributed by atoms with Crippen LogP contribution in [-0.4, -0.2) is 9.97 Å². The van der Waals surface area contributed by atoms with E-state index in [1.165, 1.54) is 12.1 Å². The van der Waals surface area contributed by atoms with Gasteiger partial charge in [-0.3, -0.25) is 0 Å². The van der Waals surface area contributed by atoms with Gasteiger partial charge in [0.05, 0.1) is 11.3 Å². The van der Waals surface area contributed by atoms with E-state index in [0.717, 1.165) is 12.1 Å². The third-order valence-corrected chi connectivity index (χ3v) is 3.77. The molecule has 0 saturated carbocycles. The Hall–Kier alpha value is -3.60. The number of nitrogens with two attached hydrogens (primary N) is 2. The van der Waals surface area contributed by atoms with Gasteiger partial charge in [0.25, 0.3) is 0 Å². The van der Waals surface area contributed by atoms with Crippen molar-refractivity contribution in [2.24, 2.45) is 0 Å². The maximum absolute atomic E-state index is 12.8. The molecule has 0 fully saturated rings. The fourth-order valence-corrected chi connectivity index (χ4v) is 2.58. The smallest absolute Gasteiger partial charge is 0.382 e. The summed E-state index contributed by atoms with van der Waals surface area (Å²) in [5.74, 6) is -0.157. The highest BCUT2D eigenvalue weighted by atomic mass is 19.4. The van der Waals surface area contributed by atoms with E-state index in [1.807, 2.05) is 6.07 Å². The van der Waals surface area contributed by atoms with E-state index >= 15 is 0 Å². The number of nitriles is 1. The van der Waals surface area contributed by atoms with Crippen LogP contribution in [0.15, 0.2) is 48.5 Å². The summed E-state index contributed by atoms with van der Waals surface area (Å²) < 4.78 is 38.3. The molecular weight excluding hydrogens is 343 g/mol. The Morgan fingerprint density at radius 3 is 2.08 bits per heavy atom. The fraction of sp³-hybridized carbons (Fsp3) is 0.0556. The molecule has 1 heterocycles. The van der Waals surface area contributed by atoms with Crippen LogP contribution < -0.4 is 11.5 Å². The number of halogens is 3. The third kappa shape index (κ3) is 3.15. The largest absolute Gasteiger partial charge is 0.416 e. The Balaban J connectivity index is 2.19. The first-order valence-electron chi connectivity index (χ1n) is 7.41. The average Bonchev–Trinajstić information content (AvgIpc) is 2.60. The zero-order valence-electron chi connectivity index (χ0n) is 13.2. The van der Waals surface area contributed by atoms with Gasteiger partial charge in [0.15, 0.2) is 0 Å². The van der Waals surface area contributed by atoms with Gasteiger partial charge in [-0.15, -0.1) is 0 Å². The molecule has 3 rings (SSSR count). The van der Waals surface area contributed by atoms with Gasteiger partial charge in [-0.25, -0.2) is 4.98 Å². The highest BCUT2D eigenvalue weighted by molar-refractivity contribution is 5.86. The Morgan fingerprint density at radius 2 is 1.50 bits per heavy atom. The molecule has 5 nitrogen and oxygen atoms in total. The van der Waals surface area contributed by atoms with Gasteiger partial charge in [0.1, 0.15) is 17.5 Å². The van der Waals surface area contributed by atoms with Crippen molar-refractivity contribution in [1.82, 2.24) is 9.97 Å². The molecule has 0 bridgehead atoms. The molecule has 8 heteroatoms. The van der Waals surface area contributed by atoms with Crippen molar-refractivity contribution >= 4 is 11.8 Å². The van der Waals surface area contributed by atoms with Crippen molar-refractivity contribution in [2.75, 3.05) is 11.5 Å². The lowest BCUT2D eigenvalue weighted by molar-refractivity contribution is -0.137. The number of hydrogen-bond acceptors (Lipinski definition) is 5. The van der Waals surface area contributed by atoms with E-state index in [4.69, 9.17) is 11.5 Å². The van der Waals surface area contributed by atoms with E-state index in [9.17, 15) is 18.4 Å². The van der Waals surface area contributed by atoms with Crippen LogP contribution in [0.2, 0.25) is 0 Å². The quantitative estimate of drug-likeness (QED) is 0.727. The number of anilines is 2. The number of hydrogen-bond donors (Lipinski definition) is 2. The minimum Gasteiger partial charge on any atom is -0.382 e. The number of aromatic nitrogens is 2. The monoisotopic (exact) mass is 355 g/mol. The van der Waals surface area contributed by atoms with Crippen LogP contribution in [0.25, 0.3) is 22.4 Å². The summed E-state index contributed by atoms with van der Waals surface area (Å²) in [6, 6.07) is 13.5. The summed E-state index contributed by atoms with van der Waals surface area (Å²) in [5, 5.41) is 9.36. The van der Waals surface area contributed by atoms with Crippen LogP contribution in [-0.2, 0) is 6.18 Å². The Kier molecular flexibility index (Phi) is 4.22. The van der Waals surface area contributed by atoms with Gasteiger partial charge in [-0.1, -0.05) is 36.4 Å².